The molecule has 3 fully saturated rings. The molecule has 0 amide bonds. The highest BCUT2D eigenvalue weighted by atomic mass is 79.9. The van der Waals surface area contributed by atoms with Gasteiger partial charge in [-0.2, -0.15) is 0 Å². The molecule has 0 bridgehead atoms. The molecule has 1 saturated heterocycles. The van der Waals surface area contributed by atoms with Crippen LogP contribution in [-0.2, 0) is 0 Å². The van der Waals surface area contributed by atoms with Gasteiger partial charge in [-0.15, -0.1) is 0 Å². The van der Waals surface area contributed by atoms with E-state index in [0.717, 1.165) is 35.3 Å². The minimum Gasteiger partial charge on any atom is -0.354 e. The molecule has 0 spiro atoms. The largest absolute Gasteiger partial charge is 0.354 e. The van der Waals surface area contributed by atoms with Crippen molar-refractivity contribution < 1.29 is 0 Å². The molecule has 2 saturated carbocycles. The predicted octanol–water partition coefficient (Wildman–Crippen LogP) is 2.65. The zero-order valence-electron chi connectivity index (χ0n) is 11.8. The molecule has 0 unspecified atom stereocenters. The lowest BCUT2D eigenvalue weighted by Crippen LogP contribution is -2.47. The Morgan fingerprint density at radius 2 is 1.80 bits per heavy atom. The molecule has 3 aliphatic rings. The molecule has 5 heteroatoms. The Morgan fingerprint density at radius 3 is 2.45 bits per heavy atom. The van der Waals surface area contributed by atoms with Gasteiger partial charge in [-0.1, -0.05) is 0 Å². The van der Waals surface area contributed by atoms with Crippen molar-refractivity contribution in [2.45, 2.75) is 31.6 Å². The third kappa shape index (κ3) is 2.98. The molecule has 4 rings (SSSR count). The molecular weight excluding hydrogens is 316 g/mol. The third-order valence-electron chi connectivity index (χ3n) is 4.55. The molecule has 0 aromatic carbocycles. The van der Waals surface area contributed by atoms with Gasteiger partial charge in [0.1, 0.15) is 16.2 Å². The van der Waals surface area contributed by atoms with Crippen molar-refractivity contribution in [2.24, 2.45) is 5.92 Å². The molecule has 20 heavy (non-hydrogen) atoms. The van der Waals surface area contributed by atoms with Crippen LogP contribution in [0.3, 0.4) is 0 Å². The summed E-state index contributed by atoms with van der Waals surface area (Å²) < 4.78 is 0.935. The Bertz CT molecular complexity index is 491. The van der Waals surface area contributed by atoms with Crippen molar-refractivity contribution in [1.29, 1.82) is 0 Å². The Balaban J connectivity index is 1.42. The smallest absolute Gasteiger partial charge is 0.135 e. The molecule has 1 aromatic heterocycles. The number of hydrogen-bond donors (Lipinski definition) is 0. The molecule has 0 atom stereocenters. The maximum absolute atomic E-state index is 4.78. The first-order chi connectivity index (χ1) is 9.78. The molecule has 2 heterocycles. The van der Waals surface area contributed by atoms with Crippen LogP contribution in [0.1, 0.15) is 37.4 Å². The van der Waals surface area contributed by atoms with Crippen LogP contribution in [0.4, 0.5) is 5.82 Å². The Hall–Kier alpha value is -0.680. The van der Waals surface area contributed by atoms with Gasteiger partial charge >= 0.3 is 0 Å². The van der Waals surface area contributed by atoms with E-state index in [0.29, 0.717) is 5.92 Å². The number of halogens is 1. The molecule has 108 valence electrons. The normalized spacial score (nSPS) is 24.1. The van der Waals surface area contributed by atoms with E-state index in [1.807, 2.05) is 0 Å². The molecule has 1 aromatic rings. The fourth-order valence-corrected chi connectivity index (χ4v) is 3.32. The van der Waals surface area contributed by atoms with E-state index in [4.69, 9.17) is 4.98 Å². The zero-order chi connectivity index (χ0) is 13.5. The van der Waals surface area contributed by atoms with E-state index in [2.05, 4.69) is 36.8 Å². The van der Waals surface area contributed by atoms with Gasteiger partial charge in [0.2, 0.25) is 0 Å². The monoisotopic (exact) mass is 336 g/mol. The fraction of sp³-hybridized carbons (Fsp3) is 0.733. The average Bonchev–Trinajstić information content (AvgIpc) is 3.33. The summed E-state index contributed by atoms with van der Waals surface area (Å²) in [4.78, 5) is 14.3. The topological polar surface area (TPSA) is 32.3 Å². The van der Waals surface area contributed by atoms with Gasteiger partial charge < -0.3 is 4.90 Å². The van der Waals surface area contributed by atoms with E-state index in [1.165, 1.54) is 45.3 Å². The molecular formula is C15H21BrN4. The van der Waals surface area contributed by atoms with Crippen LogP contribution < -0.4 is 4.90 Å². The minimum atomic E-state index is 0.613. The van der Waals surface area contributed by atoms with E-state index in [1.54, 1.807) is 0 Å². The second-order valence-corrected chi connectivity index (χ2v) is 7.22. The summed E-state index contributed by atoms with van der Waals surface area (Å²) in [5.41, 5.74) is 0. The third-order valence-corrected chi connectivity index (χ3v) is 4.96. The van der Waals surface area contributed by atoms with Crippen molar-refractivity contribution in [1.82, 2.24) is 14.9 Å². The molecule has 1 aliphatic heterocycles. The SMILES string of the molecule is Brc1cc(N2CCN(CC3CC3)CC2)nc(C2CC2)n1. The zero-order valence-corrected chi connectivity index (χ0v) is 13.3. The Morgan fingerprint density at radius 1 is 1.05 bits per heavy atom. The lowest BCUT2D eigenvalue weighted by molar-refractivity contribution is 0.247. The summed E-state index contributed by atoms with van der Waals surface area (Å²) in [5, 5.41) is 0. The first kappa shape index (κ1) is 13.0. The number of hydrogen-bond acceptors (Lipinski definition) is 4. The molecule has 4 nitrogen and oxygen atoms in total. The number of nitrogens with zero attached hydrogens (tertiary/aromatic N) is 4. The van der Waals surface area contributed by atoms with Crippen molar-refractivity contribution in [3.05, 3.63) is 16.5 Å². The Labute approximate surface area is 128 Å². The van der Waals surface area contributed by atoms with E-state index >= 15 is 0 Å². The van der Waals surface area contributed by atoms with Crippen LogP contribution in [0.2, 0.25) is 0 Å². The second kappa shape index (κ2) is 5.26. The number of rotatable bonds is 4. The van der Waals surface area contributed by atoms with E-state index < -0.39 is 0 Å². The van der Waals surface area contributed by atoms with Crippen LogP contribution in [0.5, 0.6) is 0 Å². The van der Waals surface area contributed by atoms with Gasteiger partial charge in [0.25, 0.3) is 0 Å². The van der Waals surface area contributed by atoms with E-state index in [-0.39, 0.29) is 0 Å². The summed E-state index contributed by atoms with van der Waals surface area (Å²) in [5.74, 6) is 3.76. The summed E-state index contributed by atoms with van der Waals surface area (Å²) >= 11 is 3.54. The van der Waals surface area contributed by atoms with Crippen LogP contribution in [0.15, 0.2) is 10.7 Å². The highest BCUT2D eigenvalue weighted by Gasteiger charge is 2.29. The highest BCUT2D eigenvalue weighted by Crippen LogP contribution is 2.39. The van der Waals surface area contributed by atoms with Crippen LogP contribution in [-0.4, -0.2) is 47.6 Å². The van der Waals surface area contributed by atoms with Gasteiger partial charge in [-0.3, -0.25) is 4.90 Å². The summed E-state index contributed by atoms with van der Waals surface area (Å²) in [7, 11) is 0. The van der Waals surface area contributed by atoms with Crippen molar-refractivity contribution in [3.8, 4) is 0 Å². The van der Waals surface area contributed by atoms with Gasteiger partial charge in [0.15, 0.2) is 0 Å². The lowest BCUT2D eigenvalue weighted by Gasteiger charge is -2.35. The first-order valence-electron chi connectivity index (χ1n) is 7.80. The lowest BCUT2D eigenvalue weighted by atomic mass is 10.2. The molecule has 0 N–H and O–H groups in total. The fourth-order valence-electron chi connectivity index (χ4n) is 2.93. The first-order valence-corrected chi connectivity index (χ1v) is 8.59. The number of aromatic nitrogens is 2. The van der Waals surface area contributed by atoms with Gasteiger partial charge in [0.05, 0.1) is 0 Å². The second-order valence-electron chi connectivity index (χ2n) is 6.41. The van der Waals surface area contributed by atoms with Gasteiger partial charge in [-0.05, 0) is 47.5 Å². The van der Waals surface area contributed by atoms with Crippen molar-refractivity contribution >= 4 is 21.7 Å². The number of anilines is 1. The quantitative estimate of drug-likeness (QED) is 0.791. The molecule has 0 radical (unpaired) electrons. The van der Waals surface area contributed by atoms with Crippen molar-refractivity contribution in [3.63, 3.8) is 0 Å². The van der Waals surface area contributed by atoms with Gasteiger partial charge in [-0.25, -0.2) is 9.97 Å². The van der Waals surface area contributed by atoms with Gasteiger partial charge in [0, 0.05) is 44.7 Å². The minimum absolute atomic E-state index is 0.613. The van der Waals surface area contributed by atoms with Crippen molar-refractivity contribution in [2.75, 3.05) is 37.6 Å². The maximum Gasteiger partial charge on any atom is 0.135 e. The molecule has 2 aliphatic carbocycles. The standard InChI is InChI=1S/C15H21BrN4/c16-13-9-14(18-15(17-13)12-3-4-12)20-7-5-19(6-8-20)10-11-1-2-11/h9,11-12H,1-8,10H2. The van der Waals surface area contributed by atoms with Crippen LogP contribution in [0, 0.1) is 5.92 Å². The predicted molar refractivity (Wildman–Crippen MR) is 83.1 cm³/mol. The van der Waals surface area contributed by atoms with Crippen LogP contribution >= 0.6 is 15.9 Å². The summed E-state index contributed by atoms with van der Waals surface area (Å²) in [6.45, 7) is 5.86. The van der Waals surface area contributed by atoms with E-state index in [9.17, 15) is 0 Å². The average molecular weight is 337 g/mol. The van der Waals surface area contributed by atoms with Crippen LogP contribution in [0.25, 0.3) is 0 Å². The summed E-state index contributed by atoms with van der Waals surface area (Å²) in [6.07, 6.45) is 5.41. The maximum atomic E-state index is 4.78. The summed E-state index contributed by atoms with van der Waals surface area (Å²) in [6, 6.07) is 2.07. The Kier molecular flexibility index (Phi) is 3.42. The number of piperazine rings is 1. The highest BCUT2D eigenvalue weighted by molar-refractivity contribution is 9.10.